The Morgan fingerprint density at radius 2 is 1.84 bits per heavy atom. The first kappa shape index (κ1) is 19.5. The number of rotatable bonds is 6. The zero-order chi connectivity index (χ0) is 21.0. The average Bonchev–Trinajstić information content (AvgIpc) is 3.40. The Hall–Kier alpha value is -2.22. The fourth-order valence-electron chi connectivity index (χ4n) is 6.69. The Morgan fingerprint density at radius 3 is 2.58 bits per heavy atom. The highest BCUT2D eigenvalue weighted by Crippen LogP contribution is 2.61. The molecule has 4 fully saturated rings. The van der Waals surface area contributed by atoms with Crippen LogP contribution in [0.1, 0.15) is 45.4 Å². The van der Waals surface area contributed by atoms with Crippen LogP contribution in [0.15, 0.2) is 27.8 Å². The van der Waals surface area contributed by atoms with Crippen molar-refractivity contribution in [1.82, 2.24) is 15.5 Å². The van der Waals surface area contributed by atoms with Gasteiger partial charge in [-0.1, -0.05) is 11.8 Å². The molecule has 7 rings (SSSR count). The minimum Gasteiger partial charge on any atom is -0.454 e. The summed E-state index contributed by atoms with van der Waals surface area (Å²) in [5, 5.41) is 11.9. The van der Waals surface area contributed by atoms with E-state index in [1.807, 2.05) is 18.2 Å². The van der Waals surface area contributed by atoms with Gasteiger partial charge in [-0.3, -0.25) is 4.79 Å². The molecule has 1 aromatic carbocycles. The first-order valence-corrected chi connectivity index (χ1v) is 12.2. The predicted octanol–water partition coefficient (Wildman–Crippen LogP) is 4.28. The lowest BCUT2D eigenvalue weighted by atomic mass is 9.48. The molecule has 1 aliphatic heterocycles. The van der Waals surface area contributed by atoms with E-state index in [1.165, 1.54) is 50.3 Å². The number of nitrogens with one attached hydrogen (secondary N) is 1. The van der Waals surface area contributed by atoms with Gasteiger partial charge in [-0.05, 0) is 86.8 Å². The van der Waals surface area contributed by atoms with E-state index in [0.717, 1.165) is 23.3 Å². The summed E-state index contributed by atoms with van der Waals surface area (Å²) in [4.78, 5) is 12.7. The van der Waals surface area contributed by atoms with Crippen molar-refractivity contribution in [3.63, 3.8) is 0 Å². The van der Waals surface area contributed by atoms with Crippen LogP contribution in [-0.4, -0.2) is 34.7 Å². The lowest BCUT2D eigenvalue weighted by Gasteiger charge is -2.59. The number of benzene rings is 1. The van der Waals surface area contributed by atoms with E-state index >= 15 is 0 Å². The van der Waals surface area contributed by atoms with Crippen LogP contribution in [0.4, 0.5) is 0 Å². The second kappa shape index (κ2) is 7.43. The van der Waals surface area contributed by atoms with E-state index in [1.54, 1.807) is 0 Å². The second-order valence-electron chi connectivity index (χ2n) is 9.80. The van der Waals surface area contributed by atoms with Crippen molar-refractivity contribution >= 4 is 17.7 Å². The van der Waals surface area contributed by atoms with Crippen molar-refractivity contribution in [2.24, 2.45) is 23.2 Å². The number of carbonyl (C=O) groups is 1. The van der Waals surface area contributed by atoms with Crippen LogP contribution in [-0.2, 0) is 4.79 Å². The molecule has 1 atom stereocenters. The maximum atomic E-state index is 12.7. The highest BCUT2D eigenvalue weighted by molar-refractivity contribution is 7.99. The molecule has 0 spiro atoms. The van der Waals surface area contributed by atoms with Gasteiger partial charge in [-0.2, -0.15) is 0 Å². The molecule has 31 heavy (non-hydrogen) atoms. The monoisotopic (exact) mass is 441 g/mol. The summed E-state index contributed by atoms with van der Waals surface area (Å²) >= 11 is 1.28. The molecule has 0 unspecified atom stereocenters. The molecule has 4 bridgehead atoms. The van der Waals surface area contributed by atoms with E-state index in [-0.39, 0.29) is 24.5 Å². The van der Waals surface area contributed by atoms with Gasteiger partial charge >= 0.3 is 0 Å². The fraction of sp³-hybridized carbons (Fsp3) is 0.609. The number of thioether (sulfide) groups is 1. The van der Waals surface area contributed by atoms with E-state index in [4.69, 9.17) is 13.9 Å². The number of ether oxygens (including phenoxy) is 2. The number of hydrogen-bond donors (Lipinski definition) is 1. The Kier molecular flexibility index (Phi) is 4.67. The summed E-state index contributed by atoms with van der Waals surface area (Å²) in [7, 11) is 0. The van der Waals surface area contributed by atoms with Gasteiger partial charge < -0.3 is 19.2 Å². The van der Waals surface area contributed by atoms with E-state index < -0.39 is 0 Å². The minimum atomic E-state index is 0.0380. The summed E-state index contributed by atoms with van der Waals surface area (Å²) in [6, 6.07) is 5.73. The minimum absolute atomic E-state index is 0.0380. The van der Waals surface area contributed by atoms with Gasteiger partial charge in [-0.15, -0.1) is 10.2 Å². The summed E-state index contributed by atoms with van der Waals surface area (Å²) < 4.78 is 16.5. The maximum absolute atomic E-state index is 12.7. The average molecular weight is 442 g/mol. The van der Waals surface area contributed by atoms with Gasteiger partial charge in [0.1, 0.15) is 0 Å². The number of aromatic nitrogens is 2. The first-order chi connectivity index (χ1) is 15.1. The molecule has 164 valence electrons. The zero-order valence-corrected chi connectivity index (χ0v) is 18.5. The second-order valence-corrected chi connectivity index (χ2v) is 10.7. The smallest absolute Gasteiger partial charge is 0.277 e. The number of nitrogens with zero attached hydrogens (tertiary/aromatic N) is 2. The number of carbonyl (C=O) groups excluding carboxylic acids is 1. The summed E-state index contributed by atoms with van der Waals surface area (Å²) in [5.41, 5.74) is 1.08. The summed E-state index contributed by atoms with van der Waals surface area (Å²) in [6.07, 6.45) is 8.11. The Labute approximate surface area is 185 Å². The molecule has 5 aliphatic rings. The van der Waals surface area contributed by atoms with Gasteiger partial charge in [0.25, 0.3) is 5.22 Å². The quantitative estimate of drug-likeness (QED) is 0.670. The maximum Gasteiger partial charge on any atom is 0.277 e. The molecule has 4 aliphatic carbocycles. The van der Waals surface area contributed by atoms with Crippen molar-refractivity contribution in [2.75, 3.05) is 12.5 Å². The molecule has 2 heterocycles. The van der Waals surface area contributed by atoms with Crippen LogP contribution >= 0.6 is 11.8 Å². The third-order valence-electron chi connectivity index (χ3n) is 7.73. The molecule has 1 amide bonds. The van der Waals surface area contributed by atoms with Gasteiger partial charge in [0, 0.05) is 11.6 Å². The molecule has 0 radical (unpaired) electrons. The highest BCUT2D eigenvalue weighted by Gasteiger charge is 2.53. The Morgan fingerprint density at radius 1 is 1.13 bits per heavy atom. The Balaban J connectivity index is 1.06. The molecule has 8 heteroatoms. The van der Waals surface area contributed by atoms with Crippen LogP contribution in [0.5, 0.6) is 11.5 Å². The molecular weight excluding hydrogens is 414 g/mol. The Bertz CT molecular complexity index is 971. The summed E-state index contributed by atoms with van der Waals surface area (Å²) in [5.74, 6) is 4.75. The van der Waals surface area contributed by atoms with Gasteiger partial charge in [0.2, 0.25) is 18.6 Å². The van der Waals surface area contributed by atoms with Gasteiger partial charge in [0.05, 0.1) is 5.75 Å². The number of hydrogen-bond acceptors (Lipinski definition) is 7. The summed E-state index contributed by atoms with van der Waals surface area (Å²) in [6.45, 7) is 2.43. The van der Waals surface area contributed by atoms with Crippen molar-refractivity contribution in [3.05, 3.63) is 18.2 Å². The van der Waals surface area contributed by atoms with Crippen molar-refractivity contribution in [3.8, 4) is 23.0 Å². The highest BCUT2D eigenvalue weighted by atomic mass is 32.2. The SMILES string of the molecule is C[C@H](NC(=O)CSc1nnc(-c2ccc3c(c2)OCO3)o1)C12CC3CC(CC(C3)C1)C2. The molecular formula is C23H27N3O4S. The van der Waals surface area contributed by atoms with E-state index in [0.29, 0.717) is 28.0 Å². The van der Waals surface area contributed by atoms with E-state index in [9.17, 15) is 4.79 Å². The van der Waals surface area contributed by atoms with E-state index in [2.05, 4.69) is 22.4 Å². The molecule has 0 saturated heterocycles. The first-order valence-electron chi connectivity index (χ1n) is 11.2. The molecule has 4 saturated carbocycles. The van der Waals surface area contributed by atoms with Crippen molar-refractivity contribution in [2.45, 2.75) is 56.7 Å². The van der Waals surface area contributed by atoms with Gasteiger partial charge in [0.15, 0.2) is 11.5 Å². The van der Waals surface area contributed by atoms with Crippen LogP contribution in [0.25, 0.3) is 11.5 Å². The number of amides is 1. The molecule has 2 aromatic rings. The molecule has 1 N–H and O–H groups in total. The molecule has 1 aromatic heterocycles. The third-order valence-corrected chi connectivity index (χ3v) is 8.55. The number of fused-ring (bicyclic) bond motifs is 1. The van der Waals surface area contributed by atoms with Crippen LogP contribution in [0, 0.1) is 23.2 Å². The largest absolute Gasteiger partial charge is 0.454 e. The predicted molar refractivity (Wildman–Crippen MR) is 115 cm³/mol. The topological polar surface area (TPSA) is 86.5 Å². The van der Waals surface area contributed by atoms with Crippen LogP contribution in [0.2, 0.25) is 0 Å². The van der Waals surface area contributed by atoms with Crippen molar-refractivity contribution in [1.29, 1.82) is 0 Å². The third kappa shape index (κ3) is 3.58. The normalized spacial score (nSPS) is 31.1. The standard InChI is InChI=1S/C23H27N3O4S/c1-13(23-8-14-4-15(9-23)6-16(5-14)10-23)24-20(27)11-31-22-26-25-21(30-22)17-2-3-18-19(7-17)29-12-28-18/h2-3,7,13-16H,4-6,8-12H2,1H3,(H,24,27)/t13-,14?,15?,16?,23?/m0/s1. The fourth-order valence-corrected chi connectivity index (χ4v) is 7.26. The lowest BCUT2D eigenvalue weighted by molar-refractivity contribution is -0.123. The van der Waals surface area contributed by atoms with Crippen LogP contribution < -0.4 is 14.8 Å². The van der Waals surface area contributed by atoms with Gasteiger partial charge in [-0.25, -0.2) is 0 Å². The zero-order valence-electron chi connectivity index (χ0n) is 17.6. The lowest BCUT2D eigenvalue weighted by Crippen LogP contribution is -2.56. The van der Waals surface area contributed by atoms with Crippen molar-refractivity contribution < 1.29 is 18.7 Å². The van der Waals surface area contributed by atoms with Crippen LogP contribution in [0.3, 0.4) is 0 Å². The molecule has 7 nitrogen and oxygen atoms in total.